The molecule has 2 atom stereocenters. The Kier molecular flexibility index (Phi) is 4.52. The fraction of sp³-hybridized carbons (Fsp3) is 0.769. The zero-order chi connectivity index (χ0) is 13.8. The summed E-state index contributed by atoms with van der Waals surface area (Å²) in [5.41, 5.74) is 5.50. The Hall–Kier alpha value is -1.43. The molecule has 0 spiro atoms. The van der Waals surface area contributed by atoms with E-state index in [1.807, 2.05) is 13.8 Å². The van der Waals surface area contributed by atoms with Crippen LogP contribution in [0.25, 0.3) is 0 Å². The maximum atomic E-state index is 11.9. The highest BCUT2D eigenvalue weighted by Crippen LogP contribution is 2.18. The number of amides is 1. The number of hydrogen-bond acceptors (Lipinski definition) is 4. The van der Waals surface area contributed by atoms with Gasteiger partial charge in [-0.1, -0.05) is 13.3 Å². The molecule has 2 rings (SSSR count). The quantitative estimate of drug-likeness (QED) is 0.842. The van der Waals surface area contributed by atoms with Crippen molar-refractivity contribution in [3.63, 3.8) is 0 Å². The van der Waals surface area contributed by atoms with Crippen molar-refractivity contribution in [2.45, 2.75) is 52.1 Å². The van der Waals surface area contributed by atoms with Gasteiger partial charge in [0, 0.05) is 25.4 Å². The maximum absolute atomic E-state index is 11.9. The van der Waals surface area contributed by atoms with Crippen LogP contribution in [-0.4, -0.2) is 27.2 Å². The summed E-state index contributed by atoms with van der Waals surface area (Å²) >= 11 is 0. The van der Waals surface area contributed by atoms with Crippen molar-refractivity contribution in [2.75, 3.05) is 6.54 Å². The molecule has 0 saturated heterocycles. The third-order valence-corrected chi connectivity index (χ3v) is 3.69. The first kappa shape index (κ1) is 14.0. The number of carbonyl (C=O) groups is 1. The summed E-state index contributed by atoms with van der Waals surface area (Å²) < 4.78 is 2.16. The first-order valence-corrected chi connectivity index (χ1v) is 7.06. The Labute approximate surface area is 113 Å². The summed E-state index contributed by atoms with van der Waals surface area (Å²) in [4.78, 5) is 11.9. The van der Waals surface area contributed by atoms with Gasteiger partial charge in [-0.2, -0.15) is 0 Å². The molecular weight excluding hydrogens is 242 g/mol. The van der Waals surface area contributed by atoms with Crippen LogP contribution in [-0.2, 0) is 17.8 Å². The Bertz CT molecular complexity index is 442. The van der Waals surface area contributed by atoms with E-state index in [2.05, 4.69) is 20.1 Å². The molecule has 1 aliphatic heterocycles. The van der Waals surface area contributed by atoms with Gasteiger partial charge in [0.2, 0.25) is 5.91 Å². The van der Waals surface area contributed by atoms with Gasteiger partial charge in [-0.05, 0) is 19.8 Å². The maximum Gasteiger partial charge on any atom is 0.224 e. The van der Waals surface area contributed by atoms with Gasteiger partial charge in [0.1, 0.15) is 5.82 Å². The zero-order valence-corrected chi connectivity index (χ0v) is 11.7. The highest BCUT2D eigenvalue weighted by Gasteiger charge is 2.21. The zero-order valence-electron chi connectivity index (χ0n) is 11.7. The fourth-order valence-corrected chi connectivity index (χ4v) is 2.36. The first-order valence-electron chi connectivity index (χ1n) is 7.06. The second-order valence-corrected chi connectivity index (χ2v) is 5.30. The van der Waals surface area contributed by atoms with Crippen molar-refractivity contribution >= 4 is 5.91 Å². The highest BCUT2D eigenvalue weighted by atomic mass is 16.1. The molecule has 1 aliphatic rings. The normalized spacial score (nSPS) is 18.3. The molecule has 0 saturated carbocycles. The van der Waals surface area contributed by atoms with Crippen molar-refractivity contribution in [2.24, 2.45) is 11.7 Å². The highest BCUT2D eigenvalue weighted by molar-refractivity contribution is 5.78. The largest absolute Gasteiger partial charge is 0.346 e. The van der Waals surface area contributed by atoms with Crippen LogP contribution in [0.15, 0.2) is 0 Å². The average molecular weight is 265 g/mol. The Balaban J connectivity index is 2.09. The van der Waals surface area contributed by atoms with Crippen molar-refractivity contribution in [1.82, 2.24) is 20.1 Å². The second-order valence-electron chi connectivity index (χ2n) is 5.30. The Morgan fingerprint density at radius 3 is 2.89 bits per heavy atom. The predicted octanol–water partition coefficient (Wildman–Crippen LogP) is 0.776. The Morgan fingerprint density at radius 2 is 2.16 bits per heavy atom. The monoisotopic (exact) mass is 265 g/mol. The third kappa shape index (κ3) is 3.12. The molecule has 0 aromatic carbocycles. The number of aryl methyl sites for hydroxylation is 1. The summed E-state index contributed by atoms with van der Waals surface area (Å²) in [6, 6.07) is -0.124. The van der Waals surface area contributed by atoms with Gasteiger partial charge < -0.3 is 15.6 Å². The number of fused-ring (bicyclic) bond motifs is 1. The van der Waals surface area contributed by atoms with Crippen LogP contribution in [0.1, 0.15) is 50.8 Å². The van der Waals surface area contributed by atoms with Crippen LogP contribution in [0.2, 0.25) is 0 Å². The molecule has 1 amide bonds. The SMILES string of the molecule is CC(CN)C(=O)NC(C)c1nnc2n1CCCCC2. The number of aromatic nitrogens is 3. The molecule has 2 heterocycles. The summed E-state index contributed by atoms with van der Waals surface area (Å²) in [6.07, 6.45) is 4.53. The summed E-state index contributed by atoms with van der Waals surface area (Å²) in [7, 11) is 0. The van der Waals surface area contributed by atoms with Gasteiger partial charge >= 0.3 is 0 Å². The van der Waals surface area contributed by atoms with Crippen molar-refractivity contribution < 1.29 is 4.79 Å². The van der Waals surface area contributed by atoms with Gasteiger partial charge in [-0.15, -0.1) is 10.2 Å². The molecule has 6 heteroatoms. The minimum absolute atomic E-state index is 0.0269. The van der Waals surface area contributed by atoms with E-state index in [0.29, 0.717) is 6.54 Å². The lowest BCUT2D eigenvalue weighted by molar-refractivity contribution is -0.124. The van der Waals surface area contributed by atoms with Crippen LogP contribution >= 0.6 is 0 Å². The molecule has 0 radical (unpaired) electrons. The number of rotatable bonds is 4. The number of hydrogen-bond donors (Lipinski definition) is 2. The van der Waals surface area contributed by atoms with Crippen molar-refractivity contribution in [3.05, 3.63) is 11.6 Å². The lowest BCUT2D eigenvalue weighted by Gasteiger charge is -2.17. The molecule has 0 bridgehead atoms. The van der Waals surface area contributed by atoms with Gasteiger partial charge in [0.15, 0.2) is 5.82 Å². The Morgan fingerprint density at radius 1 is 1.37 bits per heavy atom. The van der Waals surface area contributed by atoms with E-state index in [1.165, 1.54) is 12.8 Å². The number of nitrogens with two attached hydrogens (primary N) is 1. The van der Waals surface area contributed by atoms with Crippen molar-refractivity contribution in [1.29, 1.82) is 0 Å². The standard InChI is InChI=1S/C13H23N5O/c1-9(8-14)13(19)15-10(2)12-17-16-11-6-4-3-5-7-18(11)12/h9-10H,3-8,14H2,1-2H3,(H,15,19). The topological polar surface area (TPSA) is 85.8 Å². The fourth-order valence-electron chi connectivity index (χ4n) is 2.36. The third-order valence-electron chi connectivity index (χ3n) is 3.69. The second kappa shape index (κ2) is 6.14. The molecule has 1 aromatic rings. The first-order chi connectivity index (χ1) is 9.13. The molecule has 2 unspecified atom stereocenters. The van der Waals surface area contributed by atoms with Crippen LogP contribution in [0.4, 0.5) is 0 Å². The molecule has 106 valence electrons. The van der Waals surface area contributed by atoms with E-state index < -0.39 is 0 Å². The van der Waals surface area contributed by atoms with E-state index in [-0.39, 0.29) is 17.9 Å². The summed E-state index contributed by atoms with van der Waals surface area (Å²) in [5, 5.41) is 11.5. The number of carbonyl (C=O) groups excluding carboxylic acids is 1. The average Bonchev–Trinajstić information content (AvgIpc) is 2.67. The molecule has 0 aliphatic carbocycles. The molecule has 0 fully saturated rings. The molecule has 3 N–H and O–H groups in total. The van der Waals surface area contributed by atoms with Gasteiger partial charge in [-0.25, -0.2) is 0 Å². The van der Waals surface area contributed by atoms with E-state index in [0.717, 1.165) is 31.0 Å². The van der Waals surface area contributed by atoms with Crippen LogP contribution < -0.4 is 11.1 Å². The van der Waals surface area contributed by atoms with Gasteiger partial charge in [-0.3, -0.25) is 4.79 Å². The molecule has 1 aromatic heterocycles. The number of nitrogens with zero attached hydrogens (tertiary/aromatic N) is 3. The predicted molar refractivity (Wildman–Crippen MR) is 72.4 cm³/mol. The van der Waals surface area contributed by atoms with E-state index in [4.69, 9.17) is 5.73 Å². The molecular formula is C13H23N5O. The summed E-state index contributed by atoms with van der Waals surface area (Å²) in [5.74, 6) is 1.70. The lowest BCUT2D eigenvalue weighted by atomic mass is 10.1. The minimum Gasteiger partial charge on any atom is -0.346 e. The van der Waals surface area contributed by atoms with E-state index in [9.17, 15) is 4.79 Å². The van der Waals surface area contributed by atoms with E-state index >= 15 is 0 Å². The molecule has 6 nitrogen and oxygen atoms in total. The minimum atomic E-state index is -0.172. The summed E-state index contributed by atoms with van der Waals surface area (Å²) in [6.45, 7) is 5.08. The molecule has 19 heavy (non-hydrogen) atoms. The van der Waals surface area contributed by atoms with Crippen LogP contribution in [0.5, 0.6) is 0 Å². The lowest BCUT2D eigenvalue weighted by Crippen LogP contribution is -2.36. The van der Waals surface area contributed by atoms with Gasteiger partial charge in [0.05, 0.1) is 6.04 Å². The van der Waals surface area contributed by atoms with Gasteiger partial charge in [0.25, 0.3) is 0 Å². The van der Waals surface area contributed by atoms with Crippen molar-refractivity contribution in [3.8, 4) is 0 Å². The van der Waals surface area contributed by atoms with E-state index in [1.54, 1.807) is 0 Å². The smallest absolute Gasteiger partial charge is 0.224 e. The van der Waals surface area contributed by atoms with Crippen LogP contribution in [0, 0.1) is 5.92 Å². The van der Waals surface area contributed by atoms with Crippen LogP contribution in [0.3, 0.4) is 0 Å². The number of nitrogens with one attached hydrogen (secondary N) is 1.